The van der Waals surface area contributed by atoms with E-state index in [1.54, 1.807) is 22.7 Å². The first kappa shape index (κ1) is 15.2. The second-order valence-corrected chi connectivity index (χ2v) is 7.45. The summed E-state index contributed by atoms with van der Waals surface area (Å²) < 4.78 is 0. The molecular formula is C17H23NOS2. The van der Waals surface area contributed by atoms with Crippen molar-refractivity contribution in [2.24, 2.45) is 0 Å². The molecular weight excluding hydrogens is 298 g/mol. The molecule has 114 valence electrons. The van der Waals surface area contributed by atoms with E-state index in [9.17, 15) is 5.11 Å². The van der Waals surface area contributed by atoms with Crippen LogP contribution in [0.3, 0.4) is 0 Å². The molecule has 0 spiro atoms. The van der Waals surface area contributed by atoms with Crippen LogP contribution < -0.4 is 0 Å². The first-order chi connectivity index (χ1) is 10.3. The Morgan fingerprint density at radius 3 is 2.00 bits per heavy atom. The van der Waals surface area contributed by atoms with Crippen LogP contribution in [0.5, 0.6) is 0 Å². The highest BCUT2D eigenvalue weighted by Gasteiger charge is 2.32. The number of hydrogen-bond acceptors (Lipinski definition) is 4. The van der Waals surface area contributed by atoms with Crippen molar-refractivity contribution in [1.29, 1.82) is 0 Å². The van der Waals surface area contributed by atoms with Gasteiger partial charge < -0.3 is 10.0 Å². The Hall–Kier alpha value is -0.680. The van der Waals surface area contributed by atoms with Gasteiger partial charge in [0.05, 0.1) is 0 Å². The number of thiophene rings is 2. The molecule has 1 aliphatic rings. The summed E-state index contributed by atoms with van der Waals surface area (Å²) in [5.74, 6) is 0. The van der Waals surface area contributed by atoms with Gasteiger partial charge in [0.1, 0.15) is 5.60 Å². The Labute approximate surface area is 135 Å². The van der Waals surface area contributed by atoms with E-state index < -0.39 is 5.60 Å². The van der Waals surface area contributed by atoms with Gasteiger partial charge in [-0.3, -0.25) is 0 Å². The molecule has 0 aromatic carbocycles. The van der Waals surface area contributed by atoms with Gasteiger partial charge in [0.25, 0.3) is 0 Å². The minimum Gasteiger partial charge on any atom is -0.380 e. The molecule has 0 atom stereocenters. The van der Waals surface area contributed by atoms with Crippen molar-refractivity contribution in [2.45, 2.75) is 37.7 Å². The summed E-state index contributed by atoms with van der Waals surface area (Å²) in [5, 5.41) is 19.6. The highest BCUT2D eigenvalue weighted by molar-refractivity contribution is 7.08. The van der Waals surface area contributed by atoms with Gasteiger partial charge in [-0.2, -0.15) is 22.7 Å². The Morgan fingerprint density at radius 2 is 1.52 bits per heavy atom. The largest absolute Gasteiger partial charge is 0.380 e. The van der Waals surface area contributed by atoms with Crippen molar-refractivity contribution in [3.8, 4) is 0 Å². The maximum Gasteiger partial charge on any atom is 0.117 e. The van der Waals surface area contributed by atoms with Crippen molar-refractivity contribution in [3.63, 3.8) is 0 Å². The summed E-state index contributed by atoms with van der Waals surface area (Å²) in [6.07, 6.45) is 6.09. The molecule has 2 aromatic rings. The van der Waals surface area contributed by atoms with Crippen LogP contribution in [0.25, 0.3) is 0 Å². The summed E-state index contributed by atoms with van der Waals surface area (Å²) in [6, 6.07) is 4.12. The Morgan fingerprint density at radius 1 is 0.952 bits per heavy atom. The molecule has 21 heavy (non-hydrogen) atoms. The monoisotopic (exact) mass is 321 g/mol. The van der Waals surface area contributed by atoms with Crippen molar-refractivity contribution in [3.05, 3.63) is 44.8 Å². The zero-order chi connectivity index (χ0) is 14.5. The van der Waals surface area contributed by atoms with Crippen LogP contribution in [0.1, 0.15) is 43.2 Å². The van der Waals surface area contributed by atoms with Crippen LogP contribution in [0.2, 0.25) is 0 Å². The molecule has 0 bridgehead atoms. The summed E-state index contributed by atoms with van der Waals surface area (Å²) in [6.45, 7) is 3.34. The van der Waals surface area contributed by atoms with Crippen molar-refractivity contribution in [2.75, 3.05) is 19.6 Å². The zero-order valence-corrected chi connectivity index (χ0v) is 14.0. The number of likely N-dealkylation sites (tertiary alicyclic amines) is 1. The minimum atomic E-state index is -0.827. The van der Waals surface area contributed by atoms with Crippen LogP contribution in [0.15, 0.2) is 33.7 Å². The fourth-order valence-corrected chi connectivity index (χ4v) is 4.58. The van der Waals surface area contributed by atoms with Crippen LogP contribution >= 0.6 is 22.7 Å². The molecule has 2 aromatic heterocycles. The Bertz CT molecular complexity index is 479. The molecule has 1 fully saturated rings. The van der Waals surface area contributed by atoms with E-state index in [2.05, 4.69) is 38.6 Å². The van der Waals surface area contributed by atoms with E-state index >= 15 is 0 Å². The summed E-state index contributed by atoms with van der Waals surface area (Å²) in [5.41, 5.74) is 1.26. The average molecular weight is 322 g/mol. The Balaban J connectivity index is 1.74. The van der Waals surface area contributed by atoms with Gasteiger partial charge in [0.2, 0.25) is 0 Å². The van der Waals surface area contributed by atoms with E-state index in [-0.39, 0.29) is 0 Å². The molecule has 1 N–H and O–H groups in total. The minimum absolute atomic E-state index is 0.778. The summed E-state index contributed by atoms with van der Waals surface area (Å²) in [7, 11) is 0. The lowest BCUT2D eigenvalue weighted by Gasteiger charge is -2.30. The smallest absolute Gasteiger partial charge is 0.117 e. The van der Waals surface area contributed by atoms with Gasteiger partial charge in [0, 0.05) is 6.54 Å². The molecule has 0 aliphatic carbocycles. The van der Waals surface area contributed by atoms with Crippen molar-refractivity contribution < 1.29 is 5.11 Å². The van der Waals surface area contributed by atoms with E-state index in [4.69, 9.17) is 0 Å². The van der Waals surface area contributed by atoms with Crippen LogP contribution in [0.4, 0.5) is 0 Å². The summed E-state index contributed by atoms with van der Waals surface area (Å²) >= 11 is 3.32. The predicted octanol–water partition coefficient (Wildman–Crippen LogP) is 4.31. The van der Waals surface area contributed by atoms with E-state index in [0.29, 0.717) is 0 Å². The summed E-state index contributed by atoms with van der Waals surface area (Å²) in [4.78, 5) is 2.52. The zero-order valence-electron chi connectivity index (χ0n) is 12.3. The standard InChI is InChI=1S/C17H23NOS2/c19-17(15-5-11-20-13-15,16-6-12-21-14-16)7-10-18-8-3-1-2-4-9-18/h5-6,11-14,19H,1-4,7-10H2. The average Bonchev–Trinajstić information content (AvgIpc) is 3.16. The maximum absolute atomic E-state index is 11.3. The van der Waals surface area contributed by atoms with Crippen molar-refractivity contribution >= 4 is 22.7 Å². The van der Waals surface area contributed by atoms with Gasteiger partial charge in [-0.15, -0.1) is 0 Å². The van der Waals surface area contributed by atoms with Gasteiger partial charge in [-0.1, -0.05) is 12.8 Å². The van der Waals surface area contributed by atoms with E-state index in [1.807, 2.05) is 0 Å². The maximum atomic E-state index is 11.3. The fraction of sp³-hybridized carbons (Fsp3) is 0.529. The predicted molar refractivity (Wildman–Crippen MR) is 91.2 cm³/mol. The highest BCUT2D eigenvalue weighted by atomic mass is 32.1. The number of nitrogens with zero attached hydrogens (tertiary/aromatic N) is 1. The highest BCUT2D eigenvalue weighted by Crippen LogP contribution is 2.35. The molecule has 3 rings (SSSR count). The molecule has 3 heterocycles. The van der Waals surface area contributed by atoms with Crippen LogP contribution in [0, 0.1) is 0 Å². The van der Waals surface area contributed by atoms with Gasteiger partial charge in [0.15, 0.2) is 0 Å². The van der Waals surface area contributed by atoms with Crippen molar-refractivity contribution in [1.82, 2.24) is 4.90 Å². The topological polar surface area (TPSA) is 23.5 Å². The van der Waals surface area contributed by atoms with E-state index in [0.717, 1.165) is 24.1 Å². The molecule has 0 radical (unpaired) electrons. The second kappa shape index (κ2) is 7.05. The lowest BCUT2D eigenvalue weighted by molar-refractivity contribution is 0.0585. The normalized spacial score (nSPS) is 17.8. The lowest BCUT2D eigenvalue weighted by atomic mass is 9.86. The van der Waals surface area contributed by atoms with Crippen LogP contribution in [-0.4, -0.2) is 29.6 Å². The number of aliphatic hydroxyl groups is 1. The first-order valence-corrected chi connectivity index (χ1v) is 9.68. The first-order valence-electron chi connectivity index (χ1n) is 7.79. The quantitative estimate of drug-likeness (QED) is 0.887. The third kappa shape index (κ3) is 3.57. The van der Waals surface area contributed by atoms with Crippen LogP contribution in [-0.2, 0) is 5.60 Å². The molecule has 4 heteroatoms. The third-order valence-corrected chi connectivity index (χ3v) is 5.85. The van der Waals surface area contributed by atoms with Gasteiger partial charge in [-0.25, -0.2) is 0 Å². The van der Waals surface area contributed by atoms with Gasteiger partial charge in [-0.05, 0) is 77.1 Å². The molecule has 2 nitrogen and oxygen atoms in total. The molecule has 0 unspecified atom stereocenters. The van der Waals surface area contributed by atoms with Gasteiger partial charge >= 0.3 is 0 Å². The lowest BCUT2D eigenvalue weighted by Crippen LogP contribution is -2.34. The molecule has 1 saturated heterocycles. The SMILES string of the molecule is OC(CCN1CCCCCC1)(c1ccsc1)c1ccsc1. The molecule has 0 amide bonds. The third-order valence-electron chi connectivity index (χ3n) is 4.49. The fourth-order valence-electron chi connectivity index (χ4n) is 3.13. The molecule has 1 aliphatic heterocycles. The molecule has 0 saturated carbocycles. The Kier molecular flexibility index (Phi) is 5.11. The number of hydrogen-bond donors (Lipinski definition) is 1. The van der Waals surface area contributed by atoms with E-state index in [1.165, 1.54) is 38.8 Å². The second-order valence-electron chi connectivity index (χ2n) is 5.89. The number of rotatable bonds is 5.